The Balaban J connectivity index is 1.32. The summed E-state index contributed by atoms with van der Waals surface area (Å²) in [5.74, 6) is 0.180. The van der Waals surface area contributed by atoms with Gasteiger partial charge in [0.05, 0.1) is 19.4 Å². The van der Waals surface area contributed by atoms with E-state index in [-0.39, 0.29) is 42.5 Å². The number of carbonyl (C=O) groups is 2. The third kappa shape index (κ3) is 11.5. The first kappa shape index (κ1) is 33.3. The molecule has 41 heavy (non-hydrogen) atoms. The van der Waals surface area contributed by atoms with Crippen LogP contribution in [0.2, 0.25) is 0 Å². The number of nitrogens with zero attached hydrogens (tertiary/aromatic N) is 3. The fourth-order valence-corrected chi connectivity index (χ4v) is 6.59. The van der Waals surface area contributed by atoms with E-state index in [2.05, 4.69) is 20.3 Å². The highest BCUT2D eigenvalue weighted by Crippen LogP contribution is 2.44. The molecule has 1 saturated heterocycles. The molecule has 3 rings (SSSR count). The second kappa shape index (κ2) is 16.5. The Morgan fingerprint density at radius 2 is 1.95 bits per heavy atom. The molecule has 19 heteroatoms. The Morgan fingerprint density at radius 3 is 2.68 bits per heavy atom. The van der Waals surface area contributed by atoms with Gasteiger partial charge in [-0.1, -0.05) is 34.4 Å². The summed E-state index contributed by atoms with van der Waals surface area (Å²) in [6, 6.07) is 0. The van der Waals surface area contributed by atoms with Crippen LogP contribution in [-0.4, -0.2) is 89.8 Å². The largest absolute Gasteiger partial charge is 0.481 e. The zero-order valence-electron chi connectivity index (χ0n) is 22.2. The monoisotopic (exact) mass is 638 g/mol. The lowest BCUT2D eigenvalue weighted by Crippen LogP contribution is -2.28. The zero-order chi connectivity index (χ0) is 29.8. The second-order valence-corrected chi connectivity index (χ2v) is 13.0. The standard InChI is InChI=1S/C22H35N6O10PS2/c23-22-26-20-19(21(32)27-22)25-13-28(20)17-11-14(38-39(33,34)35)15(37-17)12-36-8-4-2-1-3-7-24-16(29)5-9-40-41-10-6-18(30)31/h13-15,17H,1-12H2,(H,24,29)(H,30,31)(H2,33,34,35)(H3,23,26,27,32)/t14-,15+,17+/m0/s1. The third-order valence-corrected chi connectivity index (χ3v) is 8.88. The molecule has 0 radical (unpaired) electrons. The lowest BCUT2D eigenvalue weighted by molar-refractivity contribution is -0.136. The van der Waals surface area contributed by atoms with E-state index in [1.54, 1.807) is 0 Å². The van der Waals surface area contributed by atoms with Gasteiger partial charge in [0, 0.05) is 37.5 Å². The molecule has 7 N–H and O–H groups in total. The molecule has 1 fully saturated rings. The molecule has 0 bridgehead atoms. The number of phosphoric ester groups is 1. The number of hydrogen-bond acceptors (Lipinski definition) is 12. The molecule has 2 aromatic heterocycles. The van der Waals surface area contributed by atoms with Crippen LogP contribution in [0.1, 0.15) is 51.2 Å². The lowest BCUT2D eigenvalue weighted by Gasteiger charge is -2.19. The number of aromatic nitrogens is 4. The molecule has 0 saturated carbocycles. The van der Waals surface area contributed by atoms with Crippen molar-refractivity contribution >= 4 is 58.4 Å². The number of H-pyrrole nitrogens is 1. The number of carbonyl (C=O) groups excluding carboxylic acids is 1. The molecule has 3 heterocycles. The number of nitrogens with two attached hydrogens (primary N) is 1. The predicted molar refractivity (Wildman–Crippen MR) is 152 cm³/mol. The highest BCUT2D eigenvalue weighted by Gasteiger charge is 2.41. The molecule has 0 aromatic carbocycles. The molecule has 1 amide bonds. The van der Waals surface area contributed by atoms with Crippen molar-refractivity contribution in [3.05, 3.63) is 16.7 Å². The molecule has 1 aliphatic rings. The maximum absolute atomic E-state index is 12.1. The first-order valence-corrected chi connectivity index (χ1v) is 17.0. The normalized spacial score (nSPS) is 19.1. The van der Waals surface area contributed by atoms with Crippen molar-refractivity contribution in [2.75, 3.05) is 37.0 Å². The quantitative estimate of drug-likeness (QED) is 0.0724. The van der Waals surface area contributed by atoms with Gasteiger partial charge in [-0.05, 0) is 12.8 Å². The van der Waals surface area contributed by atoms with Crippen LogP contribution in [0, 0.1) is 0 Å². The minimum absolute atomic E-state index is 0.0312. The van der Waals surface area contributed by atoms with E-state index in [1.807, 2.05) is 0 Å². The SMILES string of the molecule is Nc1nc2c(ncn2[C@H]2C[C@H](OP(=O)(O)O)[C@@H](COCCCCCCNC(=O)CCSSCCC(=O)O)O2)c(=O)[nH]1. The van der Waals surface area contributed by atoms with Gasteiger partial charge in [-0.3, -0.25) is 28.5 Å². The number of phosphoric acid groups is 1. The highest BCUT2D eigenvalue weighted by atomic mass is 33.1. The van der Waals surface area contributed by atoms with Gasteiger partial charge in [-0.25, -0.2) is 9.55 Å². The fraction of sp³-hybridized carbons (Fsp3) is 0.682. The first-order valence-electron chi connectivity index (χ1n) is 13.0. The zero-order valence-corrected chi connectivity index (χ0v) is 24.7. The Hall–Kier alpha value is -2.18. The number of aromatic amines is 1. The van der Waals surface area contributed by atoms with Gasteiger partial charge >= 0.3 is 13.8 Å². The number of aliphatic carboxylic acids is 1. The summed E-state index contributed by atoms with van der Waals surface area (Å²) in [7, 11) is -1.87. The van der Waals surface area contributed by atoms with Crippen LogP contribution in [0.3, 0.4) is 0 Å². The van der Waals surface area contributed by atoms with Gasteiger partial charge in [0.15, 0.2) is 11.2 Å². The second-order valence-electron chi connectivity index (χ2n) is 9.15. The summed E-state index contributed by atoms with van der Waals surface area (Å²) in [6.07, 6.45) is 2.71. The third-order valence-electron chi connectivity index (χ3n) is 5.93. The van der Waals surface area contributed by atoms with Crippen LogP contribution < -0.4 is 16.6 Å². The molecule has 1 aliphatic heterocycles. The van der Waals surface area contributed by atoms with E-state index >= 15 is 0 Å². The number of hydrogen-bond donors (Lipinski definition) is 6. The number of nitrogens with one attached hydrogen (secondary N) is 2. The number of carboxylic acid groups (broad SMARTS) is 1. The van der Waals surface area contributed by atoms with Crippen LogP contribution in [0.5, 0.6) is 0 Å². The fourth-order valence-electron chi connectivity index (χ4n) is 4.04. The van der Waals surface area contributed by atoms with Crippen molar-refractivity contribution in [2.45, 2.75) is 63.4 Å². The van der Waals surface area contributed by atoms with Crippen molar-refractivity contribution in [3.63, 3.8) is 0 Å². The minimum atomic E-state index is -4.80. The van der Waals surface area contributed by atoms with Crippen molar-refractivity contribution < 1.29 is 43.0 Å². The summed E-state index contributed by atoms with van der Waals surface area (Å²) >= 11 is 0. The van der Waals surface area contributed by atoms with Gasteiger partial charge in [0.25, 0.3) is 5.56 Å². The number of rotatable bonds is 19. The summed E-state index contributed by atoms with van der Waals surface area (Å²) in [4.78, 5) is 63.5. The lowest BCUT2D eigenvalue weighted by atomic mass is 10.2. The number of ether oxygens (including phenoxy) is 2. The van der Waals surface area contributed by atoms with E-state index in [9.17, 15) is 28.7 Å². The maximum atomic E-state index is 12.1. The molecule has 2 aromatic rings. The number of imidazole rings is 1. The Labute approximate surface area is 243 Å². The molecule has 16 nitrogen and oxygen atoms in total. The average Bonchev–Trinajstić information content (AvgIpc) is 3.47. The van der Waals surface area contributed by atoms with Crippen molar-refractivity contribution in [1.82, 2.24) is 24.8 Å². The Morgan fingerprint density at radius 1 is 1.22 bits per heavy atom. The summed E-state index contributed by atoms with van der Waals surface area (Å²) in [5, 5.41) is 11.5. The Bertz CT molecular complexity index is 1260. The van der Waals surface area contributed by atoms with Crippen molar-refractivity contribution in [3.8, 4) is 0 Å². The molecule has 0 unspecified atom stereocenters. The smallest absolute Gasteiger partial charge is 0.469 e. The molecular weight excluding hydrogens is 603 g/mol. The number of carboxylic acids is 1. The summed E-state index contributed by atoms with van der Waals surface area (Å²) < 4.78 is 29.6. The molecule has 230 valence electrons. The van der Waals surface area contributed by atoms with E-state index in [0.717, 1.165) is 25.7 Å². The van der Waals surface area contributed by atoms with Crippen LogP contribution >= 0.6 is 29.4 Å². The summed E-state index contributed by atoms with van der Waals surface area (Å²) in [5.41, 5.74) is 5.35. The van der Waals surface area contributed by atoms with E-state index < -0.39 is 37.8 Å². The van der Waals surface area contributed by atoms with Crippen LogP contribution in [0.25, 0.3) is 11.2 Å². The van der Waals surface area contributed by atoms with Gasteiger partial charge < -0.3 is 35.4 Å². The van der Waals surface area contributed by atoms with Gasteiger partial charge in [0.2, 0.25) is 11.9 Å². The van der Waals surface area contributed by atoms with Crippen molar-refractivity contribution in [1.29, 1.82) is 0 Å². The molecular formula is C22H35N6O10PS2. The average molecular weight is 639 g/mol. The van der Waals surface area contributed by atoms with E-state index in [4.69, 9.17) is 24.8 Å². The number of fused-ring (bicyclic) bond motifs is 1. The van der Waals surface area contributed by atoms with Gasteiger partial charge in [0.1, 0.15) is 18.4 Å². The Kier molecular flexibility index (Phi) is 13.4. The van der Waals surface area contributed by atoms with E-state index in [0.29, 0.717) is 31.1 Å². The molecule has 3 atom stereocenters. The predicted octanol–water partition coefficient (Wildman–Crippen LogP) is 1.41. The van der Waals surface area contributed by atoms with Gasteiger partial charge in [-0.2, -0.15) is 4.98 Å². The van der Waals surface area contributed by atoms with Crippen LogP contribution in [-0.2, 0) is 28.2 Å². The topological polar surface area (TPSA) is 241 Å². The van der Waals surface area contributed by atoms with Crippen LogP contribution in [0.15, 0.2) is 11.1 Å². The number of anilines is 1. The number of amides is 1. The van der Waals surface area contributed by atoms with Gasteiger partial charge in [-0.15, -0.1) is 0 Å². The molecule has 0 spiro atoms. The molecule has 0 aliphatic carbocycles. The number of nitrogen functional groups attached to an aromatic ring is 1. The van der Waals surface area contributed by atoms with E-state index in [1.165, 1.54) is 32.5 Å². The minimum Gasteiger partial charge on any atom is -0.481 e. The number of unbranched alkanes of at least 4 members (excludes halogenated alkanes) is 3. The maximum Gasteiger partial charge on any atom is 0.469 e. The van der Waals surface area contributed by atoms with Crippen LogP contribution in [0.4, 0.5) is 5.95 Å². The first-order chi connectivity index (χ1) is 19.5. The van der Waals surface area contributed by atoms with Crippen molar-refractivity contribution in [2.24, 2.45) is 0 Å². The highest BCUT2D eigenvalue weighted by molar-refractivity contribution is 8.76. The summed E-state index contributed by atoms with van der Waals surface area (Å²) in [6.45, 7) is 1.01.